The maximum absolute atomic E-state index is 13.1. The zero-order chi connectivity index (χ0) is 10.9. The Bertz CT molecular complexity index is 346. The van der Waals surface area contributed by atoms with Crippen LogP contribution in [0.25, 0.3) is 0 Å². The highest BCUT2D eigenvalue weighted by Crippen LogP contribution is 2.33. The summed E-state index contributed by atoms with van der Waals surface area (Å²) in [6, 6.07) is 0.369. The van der Waals surface area contributed by atoms with Gasteiger partial charge >= 0.3 is 0 Å². The third kappa shape index (κ3) is 3.14. The summed E-state index contributed by atoms with van der Waals surface area (Å²) in [6.45, 7) is 0. The van der Waals surface area contributed by atoms with Crippen LogP contribution in [-0.4, -0.2) is 6.43 Å². The van der Waals surface area contributed by atoms with Crippen LogP contribution in [0, 0.1) is 5.82 Å². The predicted octanol–water partition coefficient (Wildman–Crippen LogP) is 3.82. The number of hydrogen-bond acceptors (Lipinski definition) is 1. The van der Waals surface area contributed by atoms with Crippen molar-refractivity contribution < 1.29 is 13.2 Å². The van der Waals surface area contributed by atoms with Crippen molar-refractivity contribution in [2.75, 3.05) is 0 Å². The minimum atomic E-state index is -2.89. The summed E-state index contributed by atoms with van der Waals surface area (Å²) in [6.07, 6.45) is -2.89. The number of halogens is 6. The Morgan fingerprint density at radius 3 is 2.20 bits per heavy atom. The van der Waals surface area contributed by atoms with Gasteiger partial charge in [0.15, 0.2) is 0 Å². The Labute approximate surface area is 101 Å². The third-order valence-electron chi connectivity index (χ3n) is 1.68. The van der Waals surface area contributed by atoms with Crippen LogP contribution in [0.2, 0.25) is 10.0 Å². The van der Waals surface area contributed by atoms with Crippen LogP contribution in [0.1, 0.15) is 11.6 Å². The second kappa shape index (κ2) is 5.80. The molecule has 0 unspecified atom stereocenters. The van der Waals surface area contributed by atoms with E-state index in [9.17, 15) is 13.2 Å². The first-order valence-corrected chi connectivity index (χ1v) is 4.38. The van der Waals surface area contributed by atoms with Gasteiger partial charge in [-0.05, 0) is 12.1 Å². The second-order valence-corrected chi connectivity index (χ2v) is 3.40. The summed E-state index contributed by atoms with van der Waals surface area (Å²) in [4.78, 5) is 0. The zero-order valence-corrected chi connectivity index (χ0v) is 9.51. The van der Waals surface area contributed by atoms with E-state index < -0.39 is 23.8 Å². The van der Waals surface area contributed by atoms with E-state index >= 15 is 0 Å². The van der Waals surface area contributed by atoms with E-state index in [2.05, 4.69) is 0 Å². The van der Waals surface area contributed by atoms with Crippen LogP contribution >= 0.6 is 35.6 Å². The smallest absolute Gasteiger partial charge is 0.257 e. The Morgan fingerprint density at radius 1 is 1.20 bits per heavy atom. The summed E-state index contributed by atoms with van der Waals surface area (Å²) < 4.78 is 37.5. The van der Waals surface area contributed by atoms with E-state index in [1.807, 2.05) is 0 Å². The lowest BCUT2D eigenvalue weighted by Gasteiger charge is -2.14. The lowest BCUT2D eigenvalue weighted by molar-refractivity contribution is 0.115. The summed E-state index contributed by atoms with van der Waals surface area (Å²) in [5.41, 5.74) is 4.63. The van der Waals surface area contributed by atoms with Crippen LogP contribution in [-0.2, 0) is 0 Å². The Morgan fingerprint density at radius 2 is 1.73 bits per heavy atom. The summed E-state index contributed by atoms with van der Waals surface area (Å²) in [5.74, 6) is -0.882. The molecule has 2 N–H and O–H groups in total. The molecular formula is C8H7Cl3F3N. The van der Waals surface area contributed by atoms with Crippen molar-refractivity contribution >= 4 is 35.6 Å². The molecule has 0 fully saturated rings. The van der Waals surface area contributed by atoms with Crippen molar-refractivity contribution in [2.24, 2.45) is 5.73 Å². The number of rotatable bonds is 2. The zero-order valence-electron chi connectivity index (χ0n) is 7.18. The average Bonchev–Trinajstić information content (AvgIpc) is 2.12. The van der Waals surface area contributed by atoms with Gasteiger partial charge in [0.25, 0.3) is 6.43 Å². The molecule has 0 saturated heterocycles. The average molecular weight is 281 g/mol. The molecule has 1 rings (SSSR count). The van der Waals surface area contributed by atoms with Crippen LogP contribution in [0.3, 0.4) is 0 Å². The predicted molar refractivity (Wildman–Crippen MR) is 56.6 cm³/mol. The van der Waals surface area contributed by atoms with E-state index in [-0.39, 0.29) is 22.5 Å². The van der Waals surface area contributed by atoms with Crippen LogP contribution in [0.15, 0.2) is 12.1 Å². The molecule has 86 valence electrons. The van der Waals surface area contributed by atoms with Gasteiger partial charge in [-0.1, -0.05) is 23.2 Å². The van der Waals surface area contributed by atoms with E-state index in [1.54, 1.807) is 0 Å². The fraction of sp³-hybridized carbons (Fsp3) is 0.250. The Balaban J connectivity index is 0.00000196. The maximum atomic E-state index is 13.1. The number of alkyl halides is 2. The Kier molecular flexibility index (Phi) is 5.73. The van der Waals surface area contributed by atoms with Gasteiger partial charge in [-0.3, -0.25) is 0 Å². The highest BCUT2D eigenvalue weighted by molar-refractivity contribution is 6.42. The molecule has 0 amide bonds. The molecule has 1 aromatic rings. The van der Waals surface area contributed by atoms with E-state index in [0.29, 0.717) is 0 Å². The standard InChI is InChI=1S/C8H6Cl2F3N.ClH/c9-3-1-2-4(11)5(6(3)10)7(14)8(12)13;/h1-2,7-8H,14H2;1H/t7-;/m1./s1. The van der Waals surface area contributed by atoms with Gasteiger partial charge in [0.05, 0.1) is 16.1 Å². The van der Waals surface area contributed by atoms with Crippen molar-refractivity contribution in [1.29, 1.82) is 0 Å². The molecule has 0 saturated carbocycles. The Hall–Kier alpha value is -0.160. The molecule has 0 heterocycles. The first kappa shape index (κ1) is 14.8. The molecule has 0 aliphatic carbocycles. The van der Waals surface area contributed by atoms with Crippen molar-refractivity contribution in [3.8, 4) is 0 Å². The first-order chi connectivity index (χ1) is 6.45. The van der Waals surface area contributed by atoms with Gasteiger partial charge in [-0.2, -0.15) is 0 Å². The maximum Gasteiger partial charge on any atom is 0.257 e. The first-order valence-electron chi connectivity index (χ1n) is 3.62. The quantitative estimate of drug-likeness (QED) is 0.819. The van der Waals surface area contributed by atoms with Gasteiger partial charge in [0.1, 0.15) is 5.82 Å². The number of nitrogens with two attached hydrogens (primary N) is 1. The molecule has 0 aliphatic heterocycles. The molecule has 0 aromatic heterocycles. The van der Waals surface area contributed by atoms with Crippen molar-refractivity contribution in [2.45, 2.75) is 12.5 Å². The molecule has 0 aliphatic rings. The van der Waals surface area contributed by atoms with Gasteiger partial charge in [-0.15, -0.1) is 12.4 Å². The highest BCUT2D eigenvalue weighted by atomic mass is 35.5. The lowest BCUT2D eigenvalue weighted by Crippen LogP contribution is -2.20. The van der Waals surface area contributed by atoms with Crippen molar-refractivity contribution in [1.82, 2.24) is 0 Å². The van der Waals surface area contributed by atoms with Gasteiger partial charge < -0.3 is 5.73 Å². The fourth-order valence-corrected chi connectivity index (χ4v) is 1.42. The SMILES string of the molecule is Cl.N[C@H](c1c(F)ccc(Cl)c1Cl)C(F)F. The van der Waals surface area contributed by atoms with Crippen LogP contribution < -0.4 is 5.73 Å². The largest absolute Gasteiger partial charge is 0.319 e. The van der Waals surface area contributed by atoms with Gasteiger partial charge in [-0.25, -0.2) is 13.2 Å². The molecule has 0 radical (unpaired) electrons. The molecule has 15 heavy (non-hydrogen) atoms. The lowest BCUT2D eigenvalue weighted by atomic mass is 10.1. The molecular weight excluding hydrogens is 273 g/mol. The molecule has 0 bridgehead atoms. The third-order valence-corrected chi connectivity index (χ3v) is 2.50. The minimum Gasteiger partial charge on any atom is -0.319 e. The molecule has 7 heteroatoms. The van der Waals surface area contributed by atoms with Crippen LogP contribution in [0.4, 0.5) is 13.2 Å². The van der Waals surface area contributed by atoms with Crippen molar-refractivity contribution in [3.63, 3.8) is 0 Å². The number of benzene rings is 1. The second-order valence-electron chi connectivity index (χ2n) is 2.62. The summed E-state index contributed by atoms with van der Waals surface area (Å²) in [5, 5.41) is -0.265. The molecule has 1 aromatic carbocycles. The molecule has 1 atom stereocenters. The highest BCUT2D eigenvalue weighted by Gasteiger charge is 2.24. The topological polar surface area (TPSA) is 26.0 Å². The van der Waals surface area contributed by atoms with Crippen LogP contribution in [0.5, 0.6) is 0 Å². The van der Waals surface area contributed by atoms with E-state index in [4.69, 9.17) is 28.9 Å². The molecule has 0 spiro atoms. The normalized spacial score (nSPS) is 12.5. The van der Waals surface area contributed by atoms with Crippen molar-refractivity contribution in [3.05, 3.63) is 33.6 Å². The molecule has 1 nitrogen and oxygen atoms in total. The van der Waals surface area contributed by atoms with E-state index in [0.717, 1.165) is 6.07 Å². The summed E-state index contributed by atoms with van der Waals surface area (Å²) in [7, 11) is 0. The van der Waals surface area contributed by atoms with Gasteiger partial charge in [0, 0.05) is 5.56 Å². The summed E-state index contributed by atoms with van der Waals surface area (Å²) >= 11 is 11.1. The number of hydrogen-bond donors (Lipinski definition) is 1. The minimum absolute atomic E-state index is 0. The fourth-order valence-electron chi connectivity index (χ4n) is 0.974. The monoisotopic (exact) mass is 279 g/mol. The van der Waals surface area contributed by atoms with Gasteiger partial charge in [0.2, 0.25) is 0 Å². The van der Waals surface area contributed by atoms with E-state index in [1.165, 1.54) is 6.07 Å².